The van der Waals surface area contributed by atoms with E-state index in [0.29, 0.717) is 5.92 Å². The van der Waals surface area contributed by atoms with Gasteiger partial charge in [-0.1, -0.05) is 0 Å². The first-order valence-corrected chi connectivity index (χ1v) is 4.01. The highest BCUT2D eigenvalue weighted by atomic mass is 16.4. The van der Waals surface area contributed by atoms with Gasteiger partial charge in [0.25, 0.3) is 0 Å². The fraction of sp³-hybridized carbons (Fsp3) is 0.556. The average Bonchev–Trinajstić information content (AvgIpc) is 2.74. The Hall–Kier alpha value is -0.760. The highest BCUT2D eigenvalue weighted by molar-refractivity contribution is 5.18. The zero-order valence-corrected chi connectivity index (χ0v) is 6.58. The van der Waals surface area contributed by atoms with E-state index in [0.717, 1.165) is 24.2 Å². The maximum Gasteiger partial charge on any atom is 0.135 e. The third kappa shape index (κ3) is 1.18. The van der Waals surface area contributed by atoms with Gasteiger partial charge in [-0.05, 0) is 37.3 Å². The molecular formula is C9H12O2. The number of hydrogen-bond acceptors (Lipinski definition) is 2. The second-order valence-corrected chi connectivity index (χ2v) is 3.25. The van der Waals surface area contributed by atoms with Crippen molar-refractivity contribution in [3.8, 4) is 0 Å². The van der Waals surface area contributed by atoms with Crippen molar-refractivity contribution in [2.45, 2.75) is 25.9 Å². The van der Waals surface area contributed by atoms with Gasteiger partial charge in [0.1, 0.15) is 11.9 Å². The summed E-state index contributed by atoms with van der Waals surface area (Å²) in [7, 11) is 0. The first kappa shape index (κ1) is 6.92. The lowest BCUT2D eigenvalue weighted by molar-refractivity contribution is 0.126. The molecule has 0 saturated heterocycles. The van der Waals surface area contributed by atoms with Crippen LogP contribution in [0.25, 0.3) is 0 Å². The van der Waals surface area contributed by atoms with Crippen LogP contribution >= 0.6 is 0 Å². The second-order valence-electron chi connectivity index (χ2n) is 3.25. The summed E-state index contributed by atoms with van der Waals surface area (Å²) >= 11 is 0. The van der Waals surface area contributed by atoms with E-state index in [1.54, 1.807) is 6.26 Å². The molecule has 2 heteroatoms. The Labute approximate surface area is 65.8 Å². The van der Waals surface area contributed by atoms with Gasteiger partial charge in [-0.3, -0.25) is 0 Å². The lowest BCUT2D eigenvalue weighted by Crippen LogP contribution is -1.98. The summed E-state index contributed by atoms with van der Waals surface area (Å²) in [5, 5.41) is 9.64. The molecule has 1 saturated carbocycles. The van der Waals surface area contributed by atoms with E-state index in [1.807, 2.05) is 13.0 Å². The minimum Gasteiger partial charge on any atom is -0.466 e. The molecule has 1 aromatic heterocycles. The van der Waals surface area contributed by atoms with E-state index in [9.17, 15) is 5.11 Å². The van der Waals surface area contributed by atoms with E-state index in [-0.39, 0.29) is 6.10 Å². The predicted molar refractivity (Wildman–Crippen MR) is 41.1 cm³/mol. The van der Waals surface area contributed by atoms with Crippen molar-refractivity contribution in [3.05, 3.63) is 23.7 Å². The van der Waals surface area contributed by atoms with Gasteiger partial charge in [0.2, 0.25) is 0 Å². The molecule has 0 bridgehead atoms. The van der Waals surface area contributed by atoms with Gasteiger partial charge in [0, 0.05) is 0 Å². The quantitative estimate of drug-likeness (QED) is 0.703. The average molecular weight is 152 g/mol. The summed E-state index contributed by atoms with van der Waals surface area (Å²) in [5.41, 5.74) is 1.06. The van der Waals surface area contributed by atoms with E-state index >= 15 is 0 Å². The third-order valence-corrected chi connectivity index (χ3v) is 2.24. The highest BCUT2D eigenvalue weighted by Gasteiger charge is 2.33. The minimum absolute atomic E-state index is 0.356. The topological polar surface area (TPSA) is 33.4 Å². The Bertz CT molecular complexity index is 248. The van der Waals surface area contributed by atoms with Gasteiger partial charge < -0.3 is 9.52 Å². The number of aliphatic hydroxyl groups is 1. The number of hydrogen-bond donors (Lipinski definition) is 1. The van der Waals surface area contributed by atoms with Crippen LogP contribution in [0.3, 0.4) is 0 Å². The van der Waals surface area contributed by atoms with Crippen molar-refractivity contribution in [2.24, 2.45) is 5.92 Å². The van der Waals surface area contributed by atoms with Gasteiger partial charge in [-0.15, -0.1) is 0 Å². The molecule has 1 heterocycles. The molecule has 1 atom stereocenters. The van der Waals surface area contributed by atoms with Gasteiger partial charge in [-0.2, -0.15) is 0 Å². The Kier molecular flexibility index (Phi) is 1.50. The first-order valence-electron chi connectivity index (χ1n) is 4.01. The molecule has 1 N–H and O–H groups in total. The molecule has 0 aromatic carbocycles. The molecule has 2 nitrogen and oxygen atoms in total. The van der Waals surface area contributed by atoms with E-state index in [4.69, 9.17) is 4.42 Å². The molecule has 0 amide bonds. The van der Waals surface area contributed by atoms with Gasteiger partial charge in [-0.25, -0.2) is 0 Å². The first-order chi connectivity index (χ1) is 5.29. The molecule has 2 rings (SSSR count). The molecule has 0 radical (unpaired) electrons. The van der Waals surface area contributed by atoms with Crippen LogP contribution in [0.15, 0.2) is 16.7 Å². The van der Waals surface area contributed by atoms with Crippen LogP contribution in [0.5, 0.6) is 0 Å². The smallest absolute Gasteiger partial charge is 0.135 e. The predicted octanol–water partition coefficient (Wildman–Crippen LogP) is 2.03. The van der Waals surface area contributed by atoms with Crippen molar-refractivity contribution < 1.29 is 9.52 Å². The number of rotatable bonds is 2. The summed E-state index contributed by atoms with van der Waals surface area (Å²) in [6.45, 7) is 1.96. The van der Waals surface area contributed by atoms with Crippen molar-refractivity contribution in [1.82, 2.24) is 0 Å². The maximum atomic E-state index is 9.64. The lowest BCUT2D eigenvalue weighted by Gasteiger charge is -2.05. The van der Waals surface area contributed by atoms with Crippen molar-refractivity contribution >= 4 is 0 Å². The largest absolute Gasteiger partial charge is 0.466 e. The molecule has 0 aliphatic heterocycles. The zero-order valence-electron chi connectivity index (χ0n) is 6.58. The van der Waals surface area contributed by atoms with Crippen LogP contribution in [0, 0.1) is 12.8 Å². The summed E-state index contributed by atoms with van der Waals surface area (Å²) in [5.74, 6) is 1.22. The van der Waals surface area contributed by atoms with Crippen LogP contribution in [-0.4, -0.2) is 5.11 Å². The standard InChI is InChI=1S/C9H12O2/c1-6-4-5-11-9(6)8(10)7-2-3-7/h4-5,7-8,10H,2-3H2,1H3. The molecule has 0 spiro atoms. The zero-order chi connectivity index (χ0) is 7.84. The fourth-order valence-electron chi connectivity index (χ4n) is 1.31. The second kappa shape index (κ2) is 2.38. The highest BCUT2D eigenvalue weighted by Crippen LogP contribution is 2.41. The summed E-state index contributed by atoms with van der Waals surface area (Å²) < 4.78 is 5.18. The Morgan fingerprint density at radius 1 is 1.64 bits per heavy atom. The van der Waals surface area contributed by atoms with Gasteiger partial charge >= 0.3 is 0 Å². The Morgan fingerprint density at radius 2 is 2.36 bits per heavy atom. The lowest BCUT2D eigenvalue weighted by atomic mass is 10.1. The summed E-state index contributed by atoms with van der Waals surface area (Å²) in [4.78, 5) is 0. The van der Waals surface area contributed by atoms with Gasteiger partial charge in [0.15, 0.2) is 0 Å². The minimum atomic E-state index is -0.356. The molecular weight excluding hydrogens is 140 g/mol. The molecule has 60 valence electrons. The normalized spacial score (nSPS) is 20.2. The number of furan rings is 1. The monoisotopic (exact) mass is 152 g/mol. The molecule has 1 aromatic rings. The molecule has 1 unspecified atom stereocenters. The number of aliphatic hydroxyl groups excluding tert-OH is 1. The molecule has 1 fully saturated rings. The van der Waals surface area contributed by atoms with Crippen LogP contribution in [-0.2, 0) is 0 Å². The fourth-order valence-corrected chi connectivity index (χ4v) is 1.31. The van der Waals surface area contributed by atoms with E-state index in [2.05, 4.69) is 0 Å². The SMILES string of the molecule is Cc1ccoc1C(O)C1CC1. The van der Waals surface area contributed by atoms with E-state index in [1.165, 1.54) is 0 Å². The number of aryl methyl sites for hydroxylation is 1. The molecule has 1 aliphatic carbocycles. The Balaban J connectivity index is 2.20. The molecule has 11 heavy (non-hydrogen) atoms. The Morgan fingerprint density at radius 3 is 2.82 bits per heavy atom. The van der Waals surface area contributed by atoms with Crippen LogP contribution in [0.1, 0.15) is 30.3 Å². The summed E-state index contributed by atoms with van der Waals surface area (Å²) in [6, 6.07) is 1.89. The van der Waals surface area contributed by atoms with Crippen LogP contribution in [0.4, 0.5) is 0 Å². The van der Waals surface area contributed by atoms with Crippen LogP contribution in [0.2, 0.25) is 0 Å². The van der Waals surface area contributed by atoms with Crippen molar-refractivity contribution in [2.75, 3.05) is 0 Å². The van der Waals surface area contributed by atoms with Gasteiger partial charge in [0.05, 0.1) is 6.26 Å². The third-order valence-electron chi connectivity index (χ3n) is 2.24. The van der Waals surface area contributed by atoms with Crippen LogP contribution < -0.4 is 0 Å². The van der Waals surface area contributed by atoms with E-state index < -0.39 is 0 Å². The molecule has 1 aliphatic rings. The van der Waals surface area contributed by atoms with Crippen molar-refractivity contribution in [3.63, 3.8) is 0 Å². The summed E-state index contributed by atoms with van der Waals surface area (Å²) in [6.07, 6.45) is 3.56. The van der Waals surface area contributed by atoms with Crippen molar-refractivity contribution in [1.29, 1.82) is 0 Å². The maximum absolute atomic E-state index is 9.64.